The van der Waals surface area contributed by atoms with Gasteiger partial charge < -0.3 is 16.4 Å². The molecular weight excluding hydrogens is 326 g/mol. The predicted molar refractivity (Wildman–Crippen MR) is 103 cm³/mol. The first-order chi connectivity index (χ1) is 12.6. The number of carbonyl (C=O) groups is 1. The summed E-state index contributed by atoms with van der Waals surface area (Å²) in [4.78, 5) is 12.8. The van der Waals surface area contributed by atoms with Crippen LogP contribution >= 0.6 is 0 Å². The average molecular weight is 353 g/mol. The number of rotatable bonds is 4. The Morgan fingerprint density at radius 1 is 1.19 bits per heavy atom. The highest BCUT2D eigenvalue weighted by atomic mass is 16.1. The number of hydrogen-bond donors (Lipinski definition) is 3. The molecule has 0 saturated heterocycles. The maximum absolute atomic E-state index is 12.8. The molecule has 0 radical (unpaired) electrons. The van der Waals surface area contributed by atoms with E-state index in [0.717, 1.165) is 29.9 Å². The molecule has 6 heteroatoms. The van der Waals surface area contributed by atoms with Crippen molar-refractivity contribution in [1.29, 1.82) is 0 Å². The third-order valence-corrected chi connectivity index (χ3v) is 5.91. The van der Waals surface area contributed by atoms with E-state index in [1.165, 1.54) is 19.3 Å². The number of nitrogens with two attached hydrogens (primary N) is 1. The minimum absolute atomic E-state index is 0.0834. The fourth-order valence-corrected chi connectivity index (χ4v) is 4.57. The summed E-state index contributed by atoms with van der Waals surface area (Å²) < 4.78 is 1.75. The van der Waals surface area contributed by atoms with Crippen LogP contribution in [0.25, 0.3) is 0 Å². The van der Waals surface area contributed by atoms with E-state index in [2.05, 4.69) is 15.7 Å². The molecule has 1 amide bonds. The monoisotopic (exact) mass is 353 g/mol. The quantitative estimate of drug-likeness (QED) is 0.788. The number of fused-ring (bicyclic) bond motifs is 2. The van der Waals surface area contributed by atoms with Gasteiger partial charge >= 0.3 is 0 Å². The molecule has 2 aliphatic rings. The first kappa shape index (κ1) is 17.1. The number of anilines is 3. The lowest BCUT2D eigenvalue weighted by Gasteiger charge is -2.43. The Labute approximate surface area is 154 Å². The molecule has 0 spiro atoms. The van der Waals surface area contributed by atoms with Gasteiger partial charge in [0, 0.05) is 36.6 Å². The Balaban J connectivity index is 1.40. The van der Waals surface area contributed by atoms with E-state index in [0.29, 0.717) is 17.9 Å². The van der Waals surface area contributed by atoms with E-state index in [4.69, 9.17) is 5.73 Å². The van der Waals surface area contributed by atoms with Crippen LogP contribution in [0.4, 0.5) is 17.1 Å². The molecular formula is C20H27N5O. The van der Waals surface area contributed by atoms with Gasteiger partial charge in [-0.05, 0) is 55.7 Å². The van der Waals surface area contributed by atoms with Crippen molar-refractivity contribution in [2.24, 2.45) is 30.5 Å². The van der Waals surface area contributed by atoms with Crippen molar-refractivity contribution in [3.8, 4) is 0 Å². The largest absolute Gasteiger partial charge is 0.353 e. The molecule has 2 aliphatic carbocycles. The van der Waals surface area contributed by atoms with E-state index in [1.807, 2.05) is 37.5 Å². The van der Waals surface area contributed by atoms with Crippen molar-refractivity contribution in [2.75, 3.05) is 10.6 Å². The second-order valence-electron chi connectivity index (χ2n) is 7.79. The Morgan fingerprint density at radius 2 is 1.92 bits per heavy atom. The number of nitrogens with zero attached hydrogens (tertiary/aromatic N) is 2. The first-order valence-electron chi connectivity index (χ1n) is 9.50. The molecule has 4 N–H and O–H groups in total. The van der Waals surface area contributed by atoms with Crippen LogP contribution < -0.4 is 16.4 Å². The Hall–Kier alpha value is -2.34. The standard InChI is InChI=1S/C20H27N5O/c1-25-12-18(11-22-25)23-16-6-3-7-17(10-16)24-20(26)15-8-13-4-2-5-14(9-15)19(13)21/h3,6-7,10-15,19,23H,2,4-5,8-9,21H2,1H3,(H,24,26). The van der Waals surface area contributed by atoms with Crippen molar-refractivity contribution < 1.29 is 4.79 Å². The highest BCUT2D eigenvalue weighted by Gasteiger charge is 2.40. The average Bonchev–Trinajstić information content (AvgIpc) is 2.99. The summed E-state index contributed by atoms with van der Waals surface area (Å²) in [5.74, 6) is 1.24. The Kier molecular flexibility index (Phi) is 4.68. The van der Waals surface area contributed by atoms with Gasteiger partial charge in [-0.15, -0.1) is 0 Å². The summed E-state index contributed by atoms with van der Waals surface area (Å²) in [5.41, 5.74) is 9.02. The fraction of sp³-hybridized carbons (Fsp3) is 0.500. The molecule has 1 aromatic heterocycles. The third kappa shape index (κ3) is 3.60. The smallest absolute Gasteiger partial charge is 0.227 e. The van der Waals surface area contributed by atoms with Gasteiger partial charge in [0.1, 0.15) is 0 Å². The molecule has 2 fully saturated rings. The minimum atomic E-state index is 0.0834. The van der Waals surface area contributed by atoms with Crippen LogP contribution in [0.5, 0.6) is 0 Å². The molecule has 1 aromatic carbocycles. The molecule has 2 aromatic rings. The topological polar surface area (TPSA) is 85.0 Å². The summed E-state index contributed by atoms with van der Waals surface area (Å²) in [7, 11) is 1.88. The normalized spacial score (nSPS) is 27.8. The molecule has 6 nitrogen and oxygen atoms in total. The molecule has 26 heavy (non-hydrogen) atoms. The highest BCUT2D eigenvalue weighted by Crippen LogP contribution is 2.42. The summed E-state index contributed by atoms with van der Waals surface area (Å²) in [5, 5.41) is 10.6. The lowest BCUT2D eigenvalue weighted by Crippen LogP contribution is -2.48. The number of benzene rings is 1. The second-order valence-corrected chi connectivity index (χ2v) is 7.79. The molecule has 0 aliphatic heterocycles. The van der Waals surface area contributed by atoms with Gasteiger partial charge in [0.2, 0.25) is 5.91 Å². The molecule has 2 atom stereocenters. The van der Waals surface area contributed by atoms with Crippen molar-refractivity contribution in [3.63, 3.8) is 0 Å². The van der Waals surface area contributed by atoms with E-state index in [-0.39, 0.29) is 11.8 Å². The zero-order chi connectivity index (χ0) is 18.1. The SMILES string of the molecule is Cn1cc(Nc2cccc(NC(=O)C3CC4CCCC(C3)C4N)c2)cn1. The number of amides is 1. The maximum Gasteiger partial charge on any atom is 0.227 e. The van der Waals surface area contributed by atoms with Crippen LogP contribution in [-0.4, -0.2) is 21.7 Å². The number of hydrogen-bond acceptors (Lipinski definition) is 4. The van der Waals surface area contributed by atoms with Crippen LogP contribution in [0.15, 0.2) is 36.7 Å². The second kappa shape index (κ2) is 7.11. The number of aromatic nitrogens is 2. The van der Waals surface area contributed by atoms with Crippen LogP contribution in [0.3, 0.4) is 0 Å². The molecule has 1 heterocycles. The van der Waals surface area contributed by atoms with E-state index in [9.17, 15) is 4.79 Å². The van der Waals surface area contributed by atoms with Crippen molar-refractivity contribution in [3.05, 3.63) is 36.7 Å². The van der Waals surface area contributed by atoms with Gasteiger partial charge in [-0.2, -0.15) is 5.10 Å². The number of aryl methyl sites for hydroxylation is 1. The van der Waals surface area contributed by atoms with Gasteiger partial charge in [0.25, 0.3) is 0 Å². The van der Waals surface area contributed by atoms with Crippen molar-refractivity contribution in [2.45, 2.75) is 38.1 Å². The zero-order valence-corrected chi connectivity index (χ0v) is 15.2. The molecule has 2 bridgehead atoms. The van der Waals surface area contributed by atoms with Crippen LogP contribution in [0, 0.1) is 17.8 Å². The predicted octanol–water partition coefficient (Wildman–Crippen LogP) is 3.26. The van der Waals surface area contributed by atoms with E-state index in [1.54, 1.807) is 10.9 Å². The Morgan fingerprint density at radius 3 is 2.62 bits per heavy atom. The zero-order valence-electron chi connectivity index (χ0n) is 15.2. The van der Waals surface area contributed by atoms with Gasteiger partial charge in [0.15, 0.2) is 0 Å². The number of carbonyl (C=O) groups excluding carboxylic acids is 1. The fourth-order valence-electron chi connectivity index (χ4n) is 4.57. The number of nitrogens with one attached hydrogen (secondary N) is 2. The lowest BCUT2D eigenvalue weighted by atomic mass is 9.65. The van der Waals surface area contributed by atoms with Gasteiger partial charge in [-0.3, -0.25) is 9.48 Å². The van der Waals surface area contributed by atoms with Crippen molar-refractivity contribution in [1.82, 2.24) is 9.78 Å². The van der Waals surface area contributed by atoms with Crippen LogP contribution in [-0.2, 0) is 11.8 Å². The summed E-state index contributed by atoms with van der Waals surface area (Å²) in [6, 6.07) is 8.11. The van der Waals surface area contributed by atoms with Gasteiger partial charge in [0.05, 0.1) is 11.9 Å². The van der Waals surface area contributed by atoms with E-state index < -0.39 is 0 Å². The molecule has 2 saturated carbocycles. The lowest BCUT2D eigenvalue weighted by molar-refractivity contribution is -0.122. The minimum Gasteiger partial charge on any atom is -0.353 e. The Bertz CT molecular complexity index is 772. The third-order valence-electron chi connectivity index (χ3n) is 5.91. The molecule has 138 valence electrons. The van der Waals surface area contributed by atoms with Crippen LogP contribution in [0.1, 0.15) is 32.1 Å². The maximum atomic E-state index is 12.8. The first-order valence-corrected chi connectivity index (χ1v) is 9.50. The van der Waals surface area contributed by atoms with Gasteiger partial charge in [-0.1, -0.05) is 12.5 Å². The summed E-state index contributed by atoms with van der Waals surface area (Å²) in [6.45, 7) is 0. The summed E-state index contributed by atoms with van der Waals surface area (Å²) in [6.07, 6.45) is 9.15. The molecule has 4 rings (SSSR count). The highest BCUT2D eigenvalue weighted by molar-refractivity contribution is 5.93. The van der Waals surface area contributed by atoms with E-state index >= 15 is 0 Å². The summed E-state index contributed by atoms with van der Waals surface area (Å²) >= 11 is 0. The van der Waals surface area contributed by atoms with Crippen molar-refractivity contribution >= 4 is 23.0 Å². The molecule has 2 unspecified atom stereocenters. The van der Waals surface area contributed by atoms with Gasteiger partial charge in [-0.25, -0.2) is 0 Å². The van der Waals surface area contributed by atoms with Crippen LogP contribution in [0.2, 0.25) is 0 Å².